The number of amides is 1. The fourth-order valence-corrected chi connectivity index (χ4v) is 3.04. The summed E-state index contributed by atoms with van der Waals surface area (Å²) >= 11 is 3.48. The van der Waals surface area contributed by atoms with Crippen LogP contribution >= 0.6 is 15.9 Å². The van der Waals surface area contributed by atoms with Gasteiger partial charge >= 0.3 is 0 Å². The van der Waals surface area contributed by atoms with Crippen LogP contribution in [0.1, 0.15) is 36.4 Å². The molecule has 21 heavy (non-hydrogen) atoms. The Morgan fingerprint density at radius 2 is 2.24 bits per heavy atom. The number of nitrogens with zero attached hydrogens (tertiary/aromatic N) is 1. The van der Waals surface area contributed by atoms with E-state index in [2.05, 4.69) is 38.4 Å². The first kappa shape index (κ1) is 14.3. The summed E-state index contributed by atoms with van der Waals surface area (Å²) in [5, 5.41) is 3.08. The van der Waals surface area contributed by atoms with Crippen molar-refractivity contribution in [2.45, 2.75) is 25.3 Å². The van der Waals surface area contributed by atoms with E-state index >= 15 is 0 Å². The van der Waals surface area contributed by atoms with E-state index < -0.39 is 0 Å². The average Bonchev–Trinajstić information content (AvgIpc) is 3.29. The topological polar surface area (TPSA) is 42.0 Å². The zero-order valence-electron chi connectivity index (χ0n) is 11.8. The van der Waals surface area contributed by atoms with Gasteiger partial charge in [0.05, 0.1) is 6.04 Å². The number of pyridine rings is 1. The third-order valence-electron chi connectivity index (χ3n) is 3.95. The van der Waals surface area contributed by atoms with Gasteiger partial charge in [0.2, 0.25) is 5.91 Å². The number of halogens is 1. The van der Waals surface area contributed by atoms with E-state index in [-0.39, 0.29) is 17.9 Å². The summed E-state index contributed by atoms with van der Waals surface area (Å²) in [5.41, 5.74) is 2.27. The monoisotopic (exact) mass is 344 g/mol. The largest absolute Gasteiger partial charge is 0.349 e. The SMILES string of the molecule is C[C@H](NC(=O)[C@@H]1C[C@H]1c1cccc(Br)c1)c1cccnc1. The van der Waals surface area contributed by atoms with Gasteiger partial charge < -0.3 is 5.32 Å². The molecule has 0 unspecified atom stereocenters. The minimum Gasteiger partial charge on any atom is -0.349 e. The van der Waals surface area contributed by atoms with E-state index in [0.29, 0.717) is 5.92 Å². The molecule has 1 fully saturated rings. The number of rotatable bonds is 4. The molecule has 1 aliphatic rings. The highest BCUT2D eigenvalue weighted by molar-refractivity contribution is 9.10. The molecular formula is C17H17BrN2O. The molecule has 0 saturated heterocycles. The van der Waals surface area contributed by atoms with Crippen molar-refractivity contribution in [1.82, 2.24) is 10.3 Å². The molecule has 1 aromatic carbocycles. The Balaban J connectivity index is 1.61. The predicted molar refractivity (Wildman–Crippen MR) is 85.8 cm³/mol. The molecule has 1 heterocycles. The fourth-order valence-electron chi connectivity index (χ4n) is 2.63. The van der Waals surface area contributed by atoms with Crippen molar-refractivity contribution in [2.24, 2.45) is 5.92 Å². The molecule has 1 amide bonds. The van der Waals surface area contributed by atoms with Gasteiger partial charge in [0, 0.05) is 22.8 Å². The van der Waals surface area contributed by atoms with Crippen molar-refractivity contribution < 1.29 is 4.79 Å². The first-order valence-corrected chi connectivity index (χ1v) is 7.90. The average molecular weight is 345 g/mol. The number of carbonyl (C=O) groups is 1. The molecule has 1 saturated carbocycles. The van der Waals surface area contributed by atoms with E-state index in [1.165, 1.54) is 5.56 Å². The third-order valence-corrected chi connectivity index (χ3v) is 4.44. The Morgan fingerprint density at radius 1 is 1.38 bits per heavy atom. The Bertz CT molecular complexity index is 644. The molecular weight excluding hydrogens is 328 g/mol. The van der Waals surface area contributed by atoms with E-state index in [1.807, 2.05) is 31.2 Å². The number of nitrogens with one attached hydrogen (secondary N) is 1. The Labute approximate surface area is 132 Å². The van der Waals surface area contributed by atoms with Crippen LogP contribution in [0.15, 0.2) is 53.3 Å². The lowest BCUT2D eigenvalue weighted by Gasteiger charge is -2.13. The van der Waals surface area contributed by atoms with Crippen molar-refractivity contribution in [2.75, 3.05) is 0 Å². The lowest BCUT2D eigenvalue weighted by molar-refractivity contribution is -0.123. The Hall–Kier alpha value is -1.68. The molecule has 4 heteroatoms. The van der Waals surface area contributed by atoms with Gasteiger partial charge in [-0.25, -0.2) is 0 Å². The summed E-state index contributed by atoms with van der Waals surface area (Å²) in [6.07, 6.45) is 4.47. The van der Waals surface area contributed by atoms with Crippen LogP contribution in [-0.4, -0.2) is 10.9 Å². The second-order valence-corrected chi connectivity index (χ2v) is 6.44. The van der Waals surface area contributed by atoms with Crippen LogP contribution in [0, 0.1) is 5.92 Å². The van der Waals surface area contributed by atoms with Crippen LogP contribution < -0.4 is 5.32 Å². The van der Waals surface area contributed by atoms with Gasteiger partial charge in [0.1, 0.15) is 0 Å². The van der Waals surface area contributed by atoms with Crippen LogP contribution in [0.25, 0.3) is 0 Å². The van der Waals surface area contributed by atoms with Gasteiger partial charge in [-0.15, -0.1) is 0 Å². The summed E-state index contributed by atoms with van der Waals surface area (Å²) in [7, 11) is 0. The van der Waals surface area contributed by atoms with E-state index in [1.54, 1.807) is 12.4 Å². The third kappa shape index (κ3) is 3.32. The standard InChI is InChI=1S/C17H17BrN2O/c1-11(13-5-3-7-19-10-13)20-17(21)16-9-15(16)12-4-2-6-14(18)8-12/h2-8,10-11,15-16H,9H2,1H3,(H,20,21)/t11-,15-,16+/m0/s1. The maximum absolute atomic E-state index is 12.3. The molecule has 3 atom stereocenters. The number of carbonyl (C=O) groups excluding carboxylic acids is 1. The molecule has 1 N–H and O–H groups in total. The van der Waals surface area contributed by atoms with Crippen LogP contribution in [0.4, 0.5) is 0 Å². The minimum atomic E-state index is -0.00467. The van der Waals surface area contributed by atoms with Gasteiger partial charge in [0.15, 0.2) is 0 Å². The second kappa shape index (κ2) is 5.98. The number of hydrogen-bond acceptors (Lipinski definition) is 2. The molecule has 108 valence electrons. The van der Waals surface area contributed by atoms with Gasteiger partial charge in [-0.2, -0.15) is 0 Å². The van der Waals surface area contributed by atoms with Gasteiger partial charge in [-0.05, 0) is 48.6 Å². The van der Waals surface area contributed by atoms with Crippen molar-refractivity contribution in [3.63, 3.8) is 0 Å². The van der Waals surface area contributed by atoms with E-state index in [4.69, 9.17) is 0 Å². The first-order valence-electron chi connectivity index (χ1n) is 7.11. The molecule has 1 aliphatic carbocycles. The molecule has 3 rings (SSSR count). The fraction of sp³-hybridized carbons (Fsp3) is 0.294. The molecule has 1 aromatic heterocycles. The zero-order valence-corrected chi connectivity index (χ0v) is 13.4. The maximum atomic E-state index is 12.3. The molecule has 0 spiro atoms. The molecule has 0 bridgehead atoms. The quantitative estimate of drug-likeness (QED) is 0.915. The van der Waals surface area contributed by atoms with Crippen LogP contribution in [-0.2, 0) is 4.79 Å². The summed E-state index contributed by atoms with van der Waals surface area (Å²) in [4.78, 5) is 16.4. The van der Waals surface area contributed by atoms with Crippen molar-refractivity contribution in [1.29, 1.82) is 0 Å². The van der Waals surface area contributed by atoms with E-state index in [9.17, 15) is 4.79 Å². The smallest absolute Gasteiger partial charge is 0.224 e. The highest BCUT2D eigenvalue weighted by Gasteiger charge is 2.44. The molecule has 3 nitrogen and oxygen atoms in total. The zero-order chi connectivity index (χ0) is 14.8. The lowest BCUT2D eigenvalue weighted by atomic mass is 10.1. The highest BCUT2D eigenvalue weighted by Crippen LogP contribution is 2.48. The minimum absolute atomic E-state index is 0.00467. The van der Waals surface area contributed by atoms with Crippen LogP contribution in [0.5, 0.6) is 0 Å². The predicted octanol–water partition coefficient (Wildman–Crippen LogP) is 3.83. The van der Waals surface area contributed by atoms with Gasteiger partial charge in [0.25, 0.3) is 0 Å². The normalized spacial score (nSPS) is 21.6. The Morgan fingerprint density at radius 3 is 2.95 bits per heavy atom. The summed E-state index contributed by atoms with van der Waals surface area (Å²) < 4.78 is 1.06. The van der Waals surface area contributed by atoms with Crippen molar-refractivity contribution in [3.05, 3.63) is 64.4 Å². The van der Waals surface area contributed by atoms with Gasteiger partial charge in [-0.3, -0.25) is 9.78 Å². The Kier molecular flexibility index (Phi) is 4.06. The first-order chi connectivity index (χ1) is 10.1. The number of aromatic nitrogens is 1. The van der Waals surface area contributed by atoms with Gasteiger partial charge in [-0.1, -0.05) is 34.1 Å². The number of hydrogen-bond donors (Lipinski definition) is 1. The summed E-state index contributed by atoms with van der Waals surface area (Å²) in [6.45, 7) is 1.99. The molecule has 0 aliphatic heterocycles. The molecule has 2 aromatic rings. The van der Waals surface area contributed by atoms with Crippen molar-refractivity contribution in [3.8, 4) is 0 Å². The maximum Gasteiger partial charge on any atom is 0.224 e. The second-order valence-electron chi connectivity index (χ2n) is 5.52. The highest BCUT2D eigenvalue weighted by atomic mass is 79.9. The lowest BCUT2D eigenvalue weighted by Crippen LogP contribution is -2.28. The van der Waals surface area contributed by atoms with Crippen molar-refractivity contribution >= 4 is 21.8 Å². The summed E-state index contributed by atoms with van der Waals surface area (Å²) in [5.74, 6) is 0.582. The van der Waals surface area contributed by atoms with E-state index in [0.717, 1.165) is 16.5 Å². The van der Waals surface area contributed by atoms with Crippen LogP contribution in [0.2, 0.25) is 0 Å². The molecule has 0 radical (unpaired) electrons. The summed E-state index contributed by atoms with van der Waals surface area (Å²) in [6, 6.07) is 12.1. The van der Waals surface area contributed by atoms with Crippen LogP contribution in [0.3, 0.4) is 0 Å². The number of benzene rings is 1.